The molecule has 2 aromatic carbocycles. The Bertz CT molecular complexity index is 1050. The molecule has 2 heterocycles. The van der Waals surface area contributed by atoms with Crippen molar-refractivity contribution >= 4 is 17.3 Å². The van der Waals surface area contributed by atoms with Gasteiger partial charge in [0.05, 0.1) is 11.5 Å². The monoisotopic (exact) mass is 431 g/mol. The maximum absolute atomic E-state index is 13.2. The second-order valence-electron chi connectivity index (χ2n) is 7.11. The van der Waals surface area contributed by atoms with E-state index in [0.717, 1.165) is 31.7 Å². The highest BCUT2D eigenvalue weighted by Gasteiger charge is 2.20. The maximum Gasteiger partial charge on any atom is 0.270 e. The first-order valence-electron chi connectivity index (χ1n) is 9.44. The lowest BCUT2D eigenvalue weighted by Crippen LogP contribution is -2.45. The van der Waals surface area contributed by atoms with Crippen molar-refractivity contribution in [3.63, 3.8) is 0 Å². The molecule has 0 unspecified atom stereocenters. The molecule has 1 saturated heterocycles. The van der Waals surface area contributed by atoms with E-state index in [1.807, 2.05) is 0 Å². The zero-order valence-corrected chi connectivity index (χ0v) is 16.8. The van der Waals surface area contributed by atoms with Gasteiger partial charge in [0, 0.05) is 55.4 Å². The molecule has 0 bridgehead atoms. The van der Waals surface area contributed by atoms with Crippen molar-refractivity contribution in [1.29, 1.82) is 0 Å². The summed E-state index contributed by atoms with van der Waals surface area (Å²) in [5.74, 6) is 0.461. The first kappa shape index (κ1) is 20.4. The van der Waals surface area contributed by atoms with Gasteiger partial charge in [0.15, 0.2) is 0 Å². The average Bonchev–Trinajstić information content (AvgIpc) is 3.20. The first-order valence-corrected chi connectivity index (χ1v) is 9.82. The highest BCUT2D eigenvalue weighted by Crippen LogP contribution is 2.22. The van der Waals surface area contributed by atoms with Crippen LogP contribution < -0.4 is 0 Å². The number of piperazine rings is 1. The van der Waals surface area contributed by atoms with E-state index in [1.165, 1.54) is 24.3 Å². The summed E-state index contributed by atoms with van der Waals surface area (Å²) >= 11 is 6.12. The highest BCUT2D eigenvalue weighted by atomic mass is 35.5. The second-order valence-corrected chi connectivity index (χ2v) is 7.51. The van der Waals surface area contributed by atoms with Crippen LogP contribution in [0.25, 0.3) is 11.4 Å². The Morgan fingerprint density at radius 3 is 2.53 bits per heavy atom. The lowest BCUT2D eigenvalue weighted by atomic mass is 10.2. The predicted molar refractivity (Wildman–Crippen MR) is 108 cm³/mol. The van der Waals surface area contributed by atoms with E-state index in [1.54, 1.807) is 18.2 Å². The van der Waals surface area contributed by atoms with Gasteiger partial charge >= 0.3 is 0 Å². The van der Waals surface area contributed by atoms with Crippen molar-refractivity contribution in [2.45, 2.75) is 13.1 Å². The smallest absolute Gasteiger partial charge is 0.270 e. The largest absolute Gasteiger partial charge is 0.338 e. The van der Waals surface area contributed by atoms with Crippen LogP contribution in [0.2, 0.25) is 5.02 Å². The zero-order chi connectivity index (χ0) is 21.1. The molecule has 8 nitrogen and oxygen atoms in total. The Balaban J connectivity index is 1.32. The van der Waals surface area contributed by atoms with Gasteiger partial charge in [-0.05, 0) is 17.7 Å². The molecule has 3 aromatic rings. The van der Waals surface area contributed by atoms with Gasteiger partial charge in [-0.2, -0.15) is 4.98 Å². The summed E-state index contributed by atoms with van der Waals surface area (Å²) in [6.07, 6.45) is 0. The zero-order valence-electron chi connectivity index (χ0n) is 16.0. The summed E-state index contributed by atoms with van der Waals surface area (Å²) in [7, 11) is 0. The Kier molecular flexibility index (Phi) is 6.03. The molecule has 0 N–H and O–H groups in total. The molecule has 1 aliphatic rings. The van der Waals surface area contributed by atoms with Crippen molar-refractivity contribution in [3.8, 4) is 11.4 Å². The topological polar surface area (TPSA) is 88.5 Å². The van der Waals surface area contributed by atoms with Gasteiger partial charge in [-0.1, -0.05) is 35.0 Å². The standard InChI is InChI=1S/C20H19ClFN5O3/c21-18-11-16(22)5-4-15(18)12-25-6-8-26(9-7-25)13-19-23-20(24-30-19)14-2-1-3-17(10-14)27(28)29/h1-5,10-11H,6-9,12-13H2. The summed E-state index contributed by atoms with van der Waals surface area (Å²) in [5.41, 5.74) is 1.43. The van der Waals surface area contributed by atoms with Gasteiger partial charge in [0.25, 0.3) is 5.69 Å². The second kappa shape index (κ2) is 8.86. The third kappa shape index (κ3) is 4.81. The first-order chi connectivity index (χ1) is 14.5. The van der Waals surface area contributed by atoms with Crippen LogP contribution in [0.5, 0.6) is 0 Å². The van der Waals surface area contributed by atoms with E-state index in [2.05, 4.69) is 19.9 Å². The van der Waals surface area contributed by atoms with Gasteiger partial charge in [-0.3, -0.25) is 19.9 Å². The van der Waals surface area contributed by atoms with Crippen molar-refractivity contribution < 1.29 is 13.8 Å². The van der Waals surface area contributed by atoms with E-state index >= 15 is 0 Å². The maximum atomic E-state index is 13.2. The minimum Gasteiger partial charge on any atom is -0.338 e. The minimum atomic E-state index is -0.455. The van der Waals surface area contributed by atoms with E-state index < -0.39 is 4.92 Å². The van der Waals surface area contributed by atoms with Crippen molar-refractivity contribution in [1.82, 2.24) is 19.9 Å². The molecule has 1 aromatic heterocycles. The molecule has 0 atom stereocenters. The van der Waals surface area contributed by atoms with Gasteiger partial charge in [-0.15, -0.1) is 0 Å². The Morgan fingerprint density at radius 2 is 1.83 bits per heavy atom. The van der Waals surface area contributed by atoms with Crippen LogP contribution in [0.4, 0.5) is 10.1 Å². The van der Waals surface area contributed by atoms with Crippen LogP contribution in [0.1, 0.15) is 11.5 Å². The van der Waals surface area contributed by atoms with Crippen molar-refractivity contribution in [2.24, 2.45) is 0 Å². The summed E-state index contributed by atoms with van der Waals surface area (Å²) in [6, 6.07) is 10.6. The fourth-order valence-corrected chi connectivity index (χ4v) is 3.61. The van der Waals surface area contributed by atoms with Crippen molar-refractivity contribution in [3.05, 3.63) is 74.9 Å². The van der Waals surface area contributed by atoms with Gasteiger partial charge < -0.3 is 4.52 Å². The minimum absolute atomic E-state index is 0.0174. The van der Waals surface area contributed by atoms with E-state index in [9.17, 15) is 14.5 Å². The molecular formula is C20H19ClFN5O3. The molecule has 10 heteroatoms. The molecule has 0 saturated carbocycles. The number of halogens is 2. The van der Waals surface area contributed by atoms with Crippen LogP contribution in [-0.4, -0.2) is 51.0 Å². The number of hydrogen-bond acceptors (Lipinski definition) is 7. The fourth-order valence-electron chi connectivity index (χ4n) is 3.38. The lowest BCUT2D eigenvalue weighted by molar-refractivity contribution is -0.384. The van der Waals surface area contributed by atoms with Crippen LogP contribution in [0, 0.1) is 15.9 Å². The number of aromatic nitrogens is 2. The molecule has 1 aliphatic heterocycles. The third-order valence-corrected chi connectivity index (χ3v) is 5.37. The number of nitrogens with zero attached hydrogens (tertiary/aromatic N) is 5. The predicted octanol–water partition coefficient (Wildman–Crippen LogP) is 3.76. The number of nitro benzene ring substituents is 1. The number of non-ortho nitro benzene ring substituents is 1. The number of nitro groups is 1. The molecule has 30 heavy (non-hydrogen) atoms. The highest BCUT2D eigenvalue weighted by molar-refractivity contribution is 6.31. The molecule has 4 rings (SSSR count). The summed E-state index contributed by atoms with van der Waals surface area (Å²) in [6.45, 7) is 4.47. The summed E-state index contributed by atoms with van der Waals surface area (Å²) < 4.78 is 18.5. The lowest BCUT2D eigenvalue weighted by Gasteiger charge is -2.34. The van der Waals surface area contributed by atoms with Gasteiger partial charge in [0.1, 0.15) is 5.82 Å². The Labute approximate surface area is 177 Å². The van der Waals surface area contributed by atoms with Gasteiger partial charge in [-0.25, -0.2) is 4.39 Å². The molecule has 0 aliphatic carbocycles. The number of hydrogen-bond donors (Lipinski definition) is 0. The number of benzene rings is 2. The summed E-state index contributed by atoms with van der Waals surface area (Å²) in [4.78, 5) is 19.3. The molecule has 0 radical (unpaired) electrons. The Morgan fingerprint density at radius 1 is 1.10 bits per heavy atom. The molecule has 0 spiro atoms. The average molecular weight is 432 g/mol. The van der Waals surface area contributed by atoms with Crippen LogP contribution in [0.15, 0.2) is 47.0 Å². The fraction of sp³-hybridized carbons (Fsp3) is 0.300. The Hall–Kier alpha value is -2.88. The molecular weight excluding hydrogens is 413 g/mol. The third-order valence-electron chi connectivity index (χ3n) is 5.02. The molecule has 1 fully saturated rings. The molecule has 0 amide bonds. The van der Waals surface area contributed by atoms with Crippen LogP contribution >= 0.6 is 11.6 Å². The van der Waals surface area contributed by atoms with Crippen molar-refractivity contribution in [2.75, 3.05) is 26.2 Å². The number of rotatable bonds is 6. The van der Waals surface area contributed by atoms with Gasteiger partial charge in [0.2, 0.25) is 11.7 Å². The SMILES string of the molecule is O=[N+]([O-])c1cccc(-c2noc(CN3CCN(Cc4ccc(F)cc4Cl)CC3)n2)c1. The quantitative estimate of drug-likeness (QED) is 0.433. The summed E-state index contributed by atoms with van der Waals surface area (Å²) in [5, 5.41) is 15.3. The van der Waals surface area contributed by atoms with Crippen LogP contribution in [-0.2, 0) is 13.1 Å². The van der Waals surface area contributed by atoms with E-state index in [4.69, 9.17) is 16.1 Å². The van der Waals surface area contributed by atoms with Crippen LogP contribution in [0.3, 0.4) is 0 Å². The normalized spacial score (nSPS) is 15.4. The van der Waals surface area contributed by atoms with E-state index in [0.29, 0.717) is 35.4 Å². The molecule has 156 valence electrons. The van der Waals surface area contributed by atoms with E-state index in [-0.39, 0.29) is 11.5 Å².